The highest BCUT2D eigenvalue weighted by Crippen LogP contribution is 2.32. The molecular formula is C18H24N2O5. The molecule has 0 saturated heterocycles. The summed E-state index contributed by atoms with van der Waals surface area (Å²) >= 11 is 0. The average Bonchev–Trinajstić information content (AvgIpc) is 2.60. The molecule has 2 unspecified atom stereocenters. The van der Waals surface area contributed by atoms with Gasteiger partial charge in [-0.15, -0.1) is 0 Å². The van der Waals surface area contributed by atoms with E-state index in [-0.39, 0.29) is 17.7 Å². The third kappa shape index (κ3) is 4.49. The first-order valence-electron chi connectivity index (χ1n) is 8.26. The van der Waals surface area contributed by atoms with Crippen molar-refractivity contribution in [1.82, 2.24) is 4.90 Å². The van der Waals surface area contributed by atoms with Gasteiger partial charge in [-0.3, -0.25) is 14.4 Å². The number of benzene rings is 1. The van der Waals surface area contributed by atoms with Crippen LogP contribution in [0.2, 0.25) is 0 Å². The van der Waals surface area contributed by atoms with Gasteiger partial charge in [-0.25, -0.2) is 0 Å². The fourth-order valence-corrected chi connectivity index (χ4v) is 3.08. The maximum absolute atomic E-state index is 12.6. The molecular weight excluding hydrogens is 324 g/mol. The van der Waals surface area contributed by atoms with Crippen LogP contribution in [0.25, 0.3) is 0 Å². The molecule has 0 aromatic heterocycles. The lowest BCUT2D eigenvalue weighted by molar-refractivity contribution is -0.143. The zero-order valence-corrected chi connectivity index (χ0v) is 14.7. The predicted octanol–water partition coefficient (Wildman–Crippen LogP) is 2.23. The van der Waals surface area contributed by atoms with Crippen molar-refractivity contribution in [3.8, 4) is 5.75 Å². The third-order valence-electron chi connectivity index (χ3n) is 4.50. The summed E-state index contributed by atoms with van der Waals surface area (Å²) < 4.78 is 5.25. The van der Waals surface area contributed by atoms with Gasteiger partial charge < -0.3 is 20.1 Å². The van der Waals surface area contributed by atoms with Crippen molar-refractivity contribution in [2.24, 2.45) is 11.8 Å². The molecule has 0 spiro atoms. The summed E-state index contributed by atoms with van der Waals surface area (Å²) in [6.07, 6.45) is 2.31. The maximum Gasteiger partial charge on any atom is 0.306 e. The number of carbonyl (C=O) groups is 3. The number of rotatable bonds is 5. The quantitative estimate of drug-likeness (QED) is 0.851. The van der Waals surface area contributed by atoms with Gasteiger partial charge >= 0.3 is 5.97 Å². The van der Waals surface area contributed by atoms with E-state index in [1.165, 1.54) is 12.0 Å². The Bertz CT molecular complexity index is 671. The Hall–Kier alpha value is -2.57. The van der Waals surface area contributed by atoms with Gasteiger partial charge in [0.1, 0.15) is 5.75 Å². The van der Waals surface area contributed by atoms with E-state index in [9.17, 15) is 14.4 Å². The van der Waals surface area contributed by atoms with E-state index >= 15 is 0 Å². The summed E-state index contributed by atoms with van der Waals surface area (Å²) in [6, 6.07) is 4.85. The fourth-order valence-electron chi connectivity index (χ4n) is 3.08. The second kappa shape index (κ2) is 8.00. The van der Waals surface area contributed by atoms with Crippen molar-refractivity contribution < 1.29 is 24.2 Å². The Morgan fingerprint density at radius 3 is 2.48 bits per heavy atom. The fraction of sp³-hybridized carbons (Fsp3) is 0.500. The monoisotopic (exact) mass is 348 g/mol. The lowest BCUT2D eigenvalue weighted by atomic mass is 9.81. The van der Waals surface area contributed by atoms with E-state index in [0.29, 0.717) is 42.7 Å². The molecule has 2 N–H and O–H groups in total. The lowest BCUT2D eigenvalue weighted by Crippen LogP contribution is -2.31. The molecule has 0 heterocycles. The van der Waals surface area contributed by atoms with Crippen LogP contribution in [0.15, 0.2) is 18.2 Å². The van der Waals surface area contributed by atoms with Crippen molar-refractivity contribution in [2.75, 3.05) is 26.5 Å². The minimum atomic E-state index is -0.853. The molecule has 1 aliphatic rings. The predicted molar refractivity (Wildman–Crippen MR) is 92.7 cm³/mol. The first-order chi connectivity index (χ1) is 11.8. The molecule has 1 fully saturated rings. The van der Waals surface area contributed by atoms with Gasteiger partial charge in [0, 0.05) is 25.6 Å². The number of nitrogens with zero attached hydrogens (tertiary/aromatic N) is 1. The van der Waals surface area contributed by atoms with E-state index < -0.39 is 11.9 Å². The molecule has 0 aliphatic heterocycles. The van der Waals surface area contributed by atoms with Crippen molar-refractivity contribution >= 4 is 23.5 Å². The first-order valence-corrected chi connectivity index (χ1v) is 8.26. The van der Waals surface area contributed by atoms with Crippen LogP contribution in [0.3, 0.4) is 0 Å². The van der Waals surface area contributed by atoms with Crippen LogP contribution in [-0.2, 0) is 9.59 Å². The number of aliphatic carboxylic acids is 1. The standard InChI is InChI=1S/C18H24N2O5/c1-20(2)17(22)12-7-8-15(25-3)14(10-12)19-16(21)11-5-4-6-13(9-11)18(23)24/h7-8,10-11,13H,4-6,9H2,1-3H3,(H,19,21)(H,23,24). The molecule has 0 radical (unpaired) electrons. The van der Waals surface area contributed by atoms with E-state index in [2.05, 4.69) is 5.32 Å². The Morgan fingerprint density at radius 2 is 1.88 bits per heavy atom. The van der Waals surface area contributed by atoms with Crippen LogP contribution in [0.1, 0.15) is 36.0 Å². The topological polar surface area (TPSA) is 95.9 Å². The molecule has 2 amide bonds. The molecule has 25 heavy (non-hydrogen) atoms. The summed E-state index contributed by atoms with van der Waals surface area (Å²) in [6.45, 7) is 0. The number of carboxylic acids is 1. The Labute approximate surface area is 147 Å². The zero-order chi connectivity index (χ0) is 18.6. The highest BCUT2D eigenvalue weighted by Gasteiger charge is 2.31. The van der Waals surface area contributed by atoms with Crippen LogP contribution in [0.4, 0.5) is 5.69 Å². The lowest BCUT2D eigenvalue weighted by Gasteiger charge is -2.26. The number of ether oxygens (including phenoxy) is 1. The van der Waals surface area contributed by atoms with Gasteiger partial charge in [0.2, 0.25) is 5.91 Å². The van der Waals surface area contributed by atoms with Gasteiger partial charge in [0.15, 0.2) is 0 Å². The largest absolute Gasteiger partial charge is 0.495 e. The molecule has 1 aromatic carbocycles. The van der Waals surface area contributed by atoms with E-state index in [0.717, 1.165) is 0 Å². The van der Waals surface area contributed by atoms with Crippen molar-refractivity contribution in [2.45, 2.75) is 25.7 Å². The van der Waals surface area contributed by atoms with Gasteiger partial charge in [-0.05, 0) is 37.5 Å². The second-order valence-electron chi connectivity index (χ2n) is 6.50. The average molecular weight is 348 g/mol. The minimum Gasteiger partial charge on any atom is -0.495 e. The van der Waals surface area contributed by atoms with Crippen LogP contribution < -0.4 is 10.1 Å². The number of amides is 2. The molecule has 2 rings (SSSR count). The third-order valence-corrected chi connectivity index (χ3v) is 4.50. The van der Waals surface area contributed by atoms with E-state index in [4.69, 9.17) is 9.84 Å². The highest BCUT2D eigenvalue weighted by molar-refractivity contribution is 5.99. The van der Waals surface area contributed by atoms with Crippen molar-refractivity contribution in [3.05, 3.63) is 23.8 Å². The number of hydrogen-bond acceptors (Lipinski definition) is 4. The summed E-state index contributed by atoms with van der Waals surface area (Å²) in [7, 11) is 4.79. The Morgan fingerprint density at radius 1 is 1.20 bits per heavy atom. The number of nitrogens with one attached hydrogen (secondary N) is 1. The normalized spacial score (nSPS) is 19.8. The smallest absolute Gasteiger partial charge is 0.306 e. The molecule has 136 valence electrons. The molecule has 7 nitrogen and oxygen atoms in total. The summed E-state index contributed by atoms with van der Waals surface area (Å²) in [5, 5.41) is 12.0. The van der Waals surface area contributed by atoms with Gasteiger partial charge in [-0.2, -0.15) is 0 Å². The molecule has 1 aromatic rings. The number of carboxylic acid groups (broad SMARTS) is 1. The van der Waals surface area contributed by atoms with Crippen molar-refractivity contribution in [3.63, 3.8) is 0 Å². The SMILES string of the molecule is COc1ccc(C(=O)N(C)C)cc1NC(=O)C1CCCC(C(=O)O)C1. The summed E-state index contributed by atoms with van der Waals surface area (Å²) in [5.74, 6) is -1.65. The zero-order valence-electron chi connectivity index (χ0n) is 14.7. The maximum atomic E-state index is 12.6. The number of methoxy groups -OCH3 is 1. The Balaban J connectivity index is 2.17. The van der Waals surface area contributed by atoms with Gasteiger partial charge in [-0.1, -0.05) is 6.42 Å². The van der Waals surface area contributed by atoms with Crippen LogP contribution in [-0.4, -0.2) is 49.0 Å². The minimum absolute atomic E-state index is 0.179. The summed E-state index contributed by atoms with van der Waals surface area (Å²) in [4.78, 5) is 37.3. The first kappa shape index (κ1) is 18.8. The molecule has 0 bridgehead atoms. The van der Waals surface area contributed by atoms with Crippen LogP contribution in [0, 0.1) is 11.8 Å². The summed E-state index contributed by atoms with van der Waals surface area (Å²) in [5.41, 5.74) is 0.853. The number of hydrogen-bond donors (Lipinski definition) is 2. The molecule has 1 saturated carbocycles. The van der Waals surface area contributed by atoms with Crippen LogP contribution in [0.5, 0.6) is 5.75 Å². The molecule has 2 atom stereocenters. The van der Waals surface area contributed by atoms with Gasteiger partial charge in [0.25, 0.3) is 5.91 Å². The van der Waals surface area contributed by atoms with Crippen LogP contribution >= 0.6 is 0 Å². The molecule has 7 heteroatoms. The highest BCUT2D eigenvalue weighted by atomic mass is 16.5. The van der Waals surface area contributed by atoms with Gasteiger partial charge in [0.05, 0.1) is 18.7 Å². The van der Waals surface area contributed by atoms with Crippen molar-refractivity contribution in [1.29, 1.82) is 0 Å². The van der Waals surface area contributed by atoms with E-state index in [1.807, 2.05) is 0 Å². The number of anilines is 1. The number of carbonyl (C=O) groups excluding carboxylic acids is 2. The Kier molecular flexibility index (Phi) is 6.01. The van der Waals surface area contributed by atoms with E-state index in [1.54, 1.807) is 32.3 Å². The second-order valence-corrected chi connectivity index (χ2v) is 6.50. The molecule has 1 aliphatic carbocycles.